The Balaban J connectivity index is 1.68. The molecule has 1 heterocycles. The number of hydrogen-bond acceptors (Lipinski definition) is 6. The van der Waals surface area contributed by atoms with Crippen molar-refractivity contribution in [1.82, 2.24) is 4.98 Å². The quantitative estimate of drug-likeness (QED) is 0.538. The van der Waals surface area contributed by atoms with Crippen LogP contribution < -0.4 is 14.9 Å². The van der Waals surface area contributed by atoms with E-state index >= 15 is 0 Å². The summed E-state index contributed by atoms with van der Waals surface area (Å²) in [5.41, 5.74) is 5.79. The fourth-order valence-corrected chi connectivity index (χ4v) is 2.82. The molecule has 0 bridgehead atoms. The molecule has 2 aromatic carbocycles. The molecule has 1 N–H and O–H groups in total. The first-order chi connectivity index (χ1) is 11.8. The van der Waals surface area contributed by atoms with Gasteiger partial charge in [0.05, 0.1) is 26.1 Å². The van der Waals surface area contributed by atoms with E-state index in [9.17, 15) is 0 Å². The molecule has 1 aromatic heterocycles. The summed E-state index contributed by atoms with van der Waals surface area (Å²) < 4.78 is 10.5. The molecule has 0 amide bonds. The number of benzene rings is 2. The summed E-state index contributed by atoms with van der Waals surface area (Å²) in [5, 5.41) is 6.95. The van der Waals surface area contributed by atoms with Crippen LogP contribution in [0.4, 0.5) is 5.13 Å². The molecule has 122 valence electrons. The second-order valence-electron chi connectivity index (χ2n) is 4.88. The van der Waals surface area contributed by atoms with Crippen molar-refractivity contribution in [2.75, 3.05) is 19.6 Å². The summed E-state index contributed by atoms with van der Waals surface area (Å²) >= 11 is 1.50. The van der Waals surface area contributed by atoms with Gasteiger partial charge in [0.15, 0.2) is 0 Å². The molecule has 24 heavy (non-hydrogen) atoms. The van der Waals surface area contributed by atoms with E-state index in [1.807, 2.05) is 53.9 Å². The number of rotatable bonds is 6. The Morgan fingerprint density at radius 1 is 1.04 bits per heavy atom. The highest BCUT2D eigenvalue weighted by Crippen LogP contribution is 2.26. The van der Waals surface area contributed by atoms with Crippen LogP contribution >= 0.6 is 11.3 Å². The number of para-hydroxylation sites is 1. The van der Waals surface area contributed by atoms with Crippen molar-refractivity contribution in [3.63, 3.8) is 0 Å². The van der Waals surface area contributed by atoms with Crippen LogP contribution in [-0.2, 0) is 0 Å². The summed E-state index contributed by atoms with van der Waals surface area (Å²) in [6, 6.07) is 15.5. The number of hydrogen-bond donors (Lipinski definition) is 1. The topological polar surface area (TPSA) is 55.7 Å². The van der Waals surface area contributed by atoms with Gasteiger partial charge < -0.3 is 9.47 Å². The molecule has 0 spiro atoms. The molecule has 0 saturated heterocycles. The summed E-state index contributed by atoms with van der Waals surface area (Å²) in [6.07, 6.45) is 1.72. The highest BCUT2D eigenvalue weighted by Gasteiger charge is 2.04. The third-order valence-electron chi connectivity index (χ3n) is 3.39. The Hall–Kier alpha value is -2.86. The monoisotopic (exact) mass is 339 g/mol. The molecule has 0 fully saturated rings. The van der Waals surface area contributed by atoms with E-state index in [2.05, 4.69) is 15.5 Å². The molecular formula is C18H17N3O2S. The minimum atomic E-state index is 0.729. The first-order valence-electron chi connectivity index (χ1n) is 7.32. The van der Waals surface area contributed by atoms with E-state index in [1.54, 1.807) is 20.4 Å². The van der Waals surface area contributed by atoms with Crippen molar-refractivity contribution >= 4 is 22.7 Å². The van der Waals surface area contributed by atoms with E-state index in [0.717, 1.165) is 33.5 Å². The van der Waals surface area contributed by atoms with Crippen LogP contribution in [0, 0.1) is 0 Å². The minimum absolute atomic E-state index is 0.729. The highest BCUT2D eigenvalue weighted by molar-refractivity contribution is 7.14. The first-order valence-corrected chi connectivity index (χ1v) is 8.20. The lowest BCUT2D eigenvalue weighted by molar-refractivity contribution is 0.414. The van der Waals surface area contributed by atoms with Gasteiger partial charge in [-0.3, -0.25) is 5.43 Å². The van der Waals surface area contributed by atoms with Gasteiger partial charge in [0.2, 0.25) is 5.13 Å². The van der Waals surface area contributed by atoms with Gasteiger partial charge in [-0.05, 0) is 36.4 Å². The van der Waals surface area contributed by atoms with Crippen LogP contribution in [0.3, 0.4) is 0 Å². The van der Waals surface area contributed by atoms with Gasteiger partial charge in [0.25, 0.3) is 0 Å². The van der Waals surface area contributed by atoms with Gasteiger partial charge >= 0.3 is 0 Å². The lowest BCUT2D eigenvalue weighted by Gasteiger charge is -2.02. The largest absolute Gasteiger partial charge is 0.497 e. The lowest BCUT2D eigenvalue weighted by atomic mass is 10.2. The van der Waals surface area contributed by atoms with Crippen molar-refractivity contribution in [3.8, 4) is 22.8 Å². The Labute approximate surface area is 144 Å². The predicted octanol–water partition coefficient (Wildman–Crippen LogP) is 4.27. The van der Waals surface area contributed by atoms with E-state index in [0.29, 0.717) is 0 Å². The average Bonchev–Trinajstić information content (AvgIpc) is 3.11. The number of nitrogens with zero attached hydrogens (tertiary/aromatic N) is 2. The van der Waals surface area contributed by atoms with Crippen molar-refractivity contribution in [2.45, 2.75) is 0 Å². The van der Waals surface area contributed by atoms with E-state index < -0.39 is 0 Å². The SMILES string of the molecule is COc1ccc(-c2csc(NN=Cc3ccccc3OC)n2)cc1. The molecule has 5 nitrogen and oxygen atoms in total. The van der Waals surface area contributed by atoms with Crippen LogP contribution in [0.15, 0.2) is 59.0 Å². The Bertz CT molecular complexity index is 828. The highest BCUT2D eigenvalue weighted by atomic mass is 32.1. The standard InChI is InChI=1S/C18H17N3O2S/c1-22-15-9-7-13(8-10-15)16-12-24-18(20-16)21-19-11-14-5-3-4-6-17(14)23-2/h3-12H,1-2H3,(H,20,21). The predicted molar refractivity (Wildman–Crippen MR) is 98.3 cm³/mol. The van der Waals surface area contributed by atoms with Crippen molar-refractivity contribution in [1.29, 1.82) is 0 Å². The van der Waals surface area contributed by atoms with E-state index in [4.69, 9.17) is 9.47 Å². The maximum atomic E-state index is 5.29. The van der Waals surface area contributed by atoms with Crippen molar-refractivity contribution in [2.24, 2.45) is 5.10 Å². The van der Waals surface area contributed by atoms with E-state index in [1.165, 1.54) is 11.3 Å². The molecule has 0 aliphatic heterocycles. The van der Waals surface area contributed by atoms with Crippen LogP contribution in [0.2, 0.25) is 0 Å². The molecule has 0 radical (unpaired) electrons. The first kappa shape index (κ1) is 16.0. The summed E-state index contributed by atoms with van der Waals surface area (Å²) in [5.74, 6) is 1.61. The fraction of sp³-hybridized carbons (Fsp3) is 0.111. The normalized spacial score (nSPS) is 10.8. The minimum Gasteiger partial charge on any atom is -0.497 e. The Morgan fingerprint density at radius 2 is 1.83 bits per heavy atom. The van der Waals surface area contributed by atoms with Gasteiger partial charge in [0, 0.05) is 16.5 Å². The van der Waals surface area contributed by atoms with Gasteiger partial charge in [-0.25, -0.2) is 4.98 Å². The summed E-state index contributed by atoms with van der Waals surface area (Å²) in [4.78, 5) is 4.53. The maximum Gasteiger partial charge on any atom is 0.203 e. The van der Waals surface area contributed by atoms with Gasteiger partial charge in [-0.1, -0.05) is 12.1 Å². The number of ether oxygens (including phenoxy) is 2. The second kappa shape index (κ2) is 7.61. The van der Waals surface area contributed by atoms with Crippen LogP contribution in [0.5, 0.6) is 11.5 Å². The second-order valence-corrected chi connectivity index (χ2v) is 5.74. The van der Waals surface area contributed by atoms with Crippen LogP contribution in [0.1, 0.15) is 5.56 Å². The fourth-order valence-electron chi connectivity index (χ4n) is 2.15. The molecular weight excluding hydrogens is 322 g/mol. The Morgan fingerprint density at radius 3 is 2.58 bits per heavy atom. The summed E-state index contributed by atoms with van der Waals surface area (Å²) in [6.45, 7) is 0. The zero-order valence-electron chi connectivity index (χ0n) is 13.4. The van der Waals surface area contributed by atoms with Gasteiger partial charge in [-0.2, -0.15) is 5.10 Å². The summed E-state index contributed by atoms with van der Waals surface area (Å²) in [7, 11) is 3.29. The zero-order chi connectivity index (χ0) is 16.8. The van der Waals surface area contributed by atoms with E-state index in [-0.39, 0.29) is 0 Å². The molecule has 6 heteroatoms. The molecule has 0 aliphatic carbocycles. The zero-order valence-corrected chi connectivity index (χ0v) is 14.2. The molecule has 3 rings (SSSR count). The maximum absolute atomic E-state index is 5.29. The smallest absolute Gasteiger partial charge is 0.203 e. The third kappa shape index (κ3) is 3.72. The van der Waals surface area contributed by atoms with Gasteiger partial charge in [0.1, 0.15) is 11.5 Å². The van der Waals surface area contributed by atoms with Crippen molar-refractivity contribution in [3.05, 3.63) is 59.5 Å². The number of nitrogens with one attached hydrogen (secondary N) is 1. The number of methoxy groups -OCH3 is 2. The van der Waals surface area contributed by atoms with Gasteiger partial charge in [-0.15, -0.1) is 11.3 Å². The van der Waals surface area contributed by atoms with Crippen LogP contribution in [0.25, 0.3) is 11.3 Å². The molecule has 3 aromatic rings. The lowest BCUT2D eigenvalue weighted by Crippen LogP contribution is -1.93. The third-order valence-corrected chi connectivity index (χ3v) is 4.14. The Kier molecular flexibility index (Phi) is 5.08. The molecule has 0 saturated carbocycles. The molecule has 0 unspecified atom stereocenters. The number of hydrazone groups is 1. The number of aromatic nitrogens is 1. The number of anilines is 1. The average molecular weight is 339 g/mol. The molecule has 0 atom stereocenters. The van der Waals surface area contributed by atoms with Crippen LogP contribution in [-0.4, -0.2) is 25.4 Å². The molecule has 0 aliphatic rings. The number of thiazole rings is 1. The van der Waals surface area contributed by atoms with Crippen molar-refractivity contribution < 1.29 is 9.47 Å².